The molecule has 0 amide bonds. The second-order valence-corrected chi connectivity index (χ2v) is 6.42. The van der Waals surface area contributed by atoms with Crippen molar-refractivity contribution in [3.63, 3.8) is 0 Å². The highest BCUT2D eigenvalue weighted by molar-refractivity contribution is 7.90. The van der Waals surface area contributed by atoms with Gasteiger partial charge < -0.3 is 9.94 Å². The maximum Gasteiger partial charge on any atom is 0.150 e. The summed E-state index contributed by atoms with van der Waals surface area (Å²) in [4.78, 5) is 0. The molecule has 0 atom stereocenters. The van der Waals surface area contributed by atoms with Gasteiger partial charge in [0.25, 0.3) is 0 Å². The Balaban J connectivity index is 2.89. The highest BCUT2D eigenvalue weighted by atomic mass is 32.2. The lowest BCUT2D eigenvalue weighted by Crippen LogP contribution is -2.13. The summed E-state index contributed by atoms with van der Waals surface area (Å²) in [6.45, 7) is 3.64. The second-order valence-electron chi connectivity index (χ2n) is 4.16. The number of aryl methyl sites for hydroxylation is 1. The highest BCUT2D eigenvalue weighted by Crippen LogP contribution is 2.21. The Bertz CT molecular complexity index is 549. The SMILES string of the molecule is C/C(=N\O)c1cc(C)ccc1OCCS(C)(=O)=O. The van der Waals surface area contributed by atoms with E-state index in [1.165, 1.54) is 0 Å². The topological polar surface area (TPSA) is 76.0 Å². The third-order valence-electron chi connectivity index (χ3n) is 2.39. The second kappa shape index (κ2) is 5.86. The van der Waals surface area contributed by atoms with Crippen LogP contribution < -0.4 is 4.74 Å². The summed E-state index contributed by atoms with van der Waals surface area (Å²) < 4.78 is 27.4. The molecule has 0 aromatic heterocycles. The first-order valence-corrected chi connectivity index (χ1v) is 7.50. The molecule has 18 heavy (non-hydrogen) atoms. The van der Waals surface area contributed by atoms with Crippen molar-refractivity contribution in [3.05, 3.63) is 29.3 Å². The largest absolute Gasteiger partial charge is 0.492 e. The van der Waals surface area contributed by atoms with E-state index in [1.54, 1.807) is 13.0 Å². The molecular formula is C12H17NO4S. The van der Waals surface area contributed by atoms with Crippen LogP contribution >= 0.6 is 0 Å². The first-order chi connectivity index (χ1) is 8.33. The van der Waals surface area contributed by atoms with Crippen molar-refractivity contribution >= 4 is 15.5 Å². The Morgan fingerprint density at radius 1 is 1.44 bits per heavy atom. The molecule has 1 aromatic rings. The minimum atomic E-state index is -3.05. The van der Waals surface area contributed by atoms with Gasteiger partial charge in [0, 0.05) is 11.8 Å². The predicted octanol–water partition coefficient (Wildman–Crippen LogP) is 1.62. The lowest BCUT2D eigenvalue weighted by atomic mass is 10.1. The number of rotatable bonds is 5. The molecule has 0 saturated carbocycles. The van der Waals surface area contributed by atoms with Crippen molar-refractivity contribution in [3.8, 4) is 5.75 Å². The van der Waals surface area contributed by atoms with Crippen LogP contribution in [0.15, 0.2) is 23.4 Å². The van der Waals surface area contributed by atoms with E-state index in [2.05, 4.69) is 5.16 Å². The molecule has 0 saturated heterocycles. The molecule has 0 unspecified atom stereocenters. The van der Waals surface area contributed by atoms with E-state index in [9.17, 15) is 8.42 Å². The summed E-state index contributed by atoms with van der Waals surface area (Å²) in [5.74, 6) is 0.467. The zero-order valence-electron chi connectivity index (χ0n) is 10.7. The Morgan fingerprint density at radius 3 is 2.67 bits per heavy atom. The number of ether oxygens (including phenoxy) is 1. The molecule has 0 radical (unpaired) electrons. The summed E-state index contributed by atoms with van der Waals surface area (Å²) in [6.07, 6.45) is 1.16. The van der Waals surface area contributed by atoms with Gasteiger partial charge in [0.1, 0.15) is 12.4 Å². The van der Waals surface area contributed by atoms with Gasteiger partial charge in [-0.15, -0.1) is 0 Å². The molecule has 0 aliphatic heterocycles. The summed E-state index contributed by atoms with van der Waals surface area (Å²) in [5.41, 5.74) is 2.09. The van der Waals surface area contributed by atoms with Gasteiger partial charge in [-0.2, -0.15) is 0 Å². The molecule has 5 nitrogen and oxygen atoms in total. The minimum Gasteiger partial charge on any atom is -0.492 e. The van der Waals surface area contributed by atoms with Gasteiger partial charge in [0.05, 0.1) is 11.5 Å². The van der Waals surface area contributed by atoms with Gasteiger partial charge >= 0.3 is 0 Å². The Labute approximate surface area is 107 Å². The zero-order chi connectivity index (χ0) is 13.8. The lowest BCUT2D eigenvalue weighted by molar-refractivity contribution is 0.317. The molecule has 1 N–H and O–H groups in total. The maximum atomic E-state index is 11.0. The number of sulfone groups is 1. The molecule has 1 rings (SSSR count). The monoisotopic (exact) mass is 271 g/mol. The van der Waals surface area contributed by atoms with E-state index in [0.717, 1.165) is 11.8 Å². The summed E-state index contributed by atoms with van der Waals surface area (Å²) in [6, 6.07) is 5.41. The van der Waals surface area contributed by atoms with Crippen LogP contribution in [0.4, 0.5) is 0 Å². The lowest BCUT2D eigenvalue weighted by Gasteiger charge is -2.11. The summed E-state index contributed by atoms with van der Waals surface area (Å²) in [7, 11) is -3.05. The fraction of sp³-hybridized carbons (Fsp3) is 0.417. The minimum absolute atomic E-state index is 0.0460. The molecule has 6 heteroatoms. The molecule has 0 bridgehead atoms. The third kappa shape index (κ3) is 4.37. The Morgan fingerprint density at radius 2 is 2.11 bits per heavy atom. The van der Waals surface area contributed by atoms with E-state index in [0.29, 0.717) is 17.0 Å². The molecule has 0 aliphatic carbocycles. The third-order valence-corrected chi connectivity index (χ3v) is 3.29. The molecule has 0 heterocycles. The average Bonchev–Trinajstić information content (AvgIpc) is 2.28. The Hall–Kier alpha value is -1.56. The van der Waals surface area contributed by atoms with Gasteiger partial charge in [-0.25, -0.2) is 8.42 Å². The van der Waals surface area contributed by atoms with Crippen LogP contribution in [0, 0.1) is 6.92 Å². The number of nitrogens with zero attached hydrogens (tertiary/aromatic N) is 1. The van der Waals surface area contributed by atoms with Gasteiger partial charge in [-0.05, 0) is 26.0 Å². The van der Waals surface area contributed by atoms with Crippen LogP contribution in [-0.2, 0) is 9.84 Å². The van der Waals surface area contributed by atoms with Crippen molar-refractivity contribution in [2.24, 2.45) is 5.16 Å². The van der Waals surface area contributed by atoms with Crippen molar-refractivity contribution < 1.29 is 18.4 Å². The molecule has 0 fully saturated rings. The predicted molar refractivity (Wildman–Crippen MR) is 70.4 cm³/mol. The average molecular weight is 271 g/mol. The van der Waals surface area contributed by atoms with E-state index in [4.69, 9.17) is 9.94 Å². The molecule has 100 valence electrons. The van der Waals surface area contributed by atoms with E-state index < -0.39 is 9.84 Å². The van der Waals surface area contributed by atoms with Crippen LogP contribution in [0.2, 0.25) is 0 Å². The summed E-state index contributed by atoms with van der Waals surface area (Å²) in [5, 5.41) is 11.9. The van der Waals surface area contributed by atoms with E-state index in [-0.39, 0.29) is 12.4 Å². The molecule has 1 aromatic carbocycles. The maximum absolute atomic E-state index is 11.0. The molecular weight excluding hydrogens is 254 g/mol. The highest BCUT2D eigenvalue weighted by Gasteiger charge is 2.09. The quantitative estimate of drug-likeness (QED) is 0.501. The van der Waals surface area contributed by atoms with Crippen LogP contribution in [0.25, 0.3) is 0 Å². The fourth-order valence-corrected chi connectivity index (χ4v) is 1.80. The standard InChI is InChI=1S/C12H17NO4S/c1-9-4-5-12(11(8-9)10(2)13-14)17-6-7-18(3,15)16/h4-5,8,14H,6-7H2,1-3H3/b13-10+. The number of hydrogen-bond acceptors (Lipinski definition) is 5. The van der Waals surface area contributed by atoms with E-state index in [1.807, 2.05) is 19.1 Å². The zero-order valence-corrected chi connectivity index (χ0v) is 11.5. The van der Waals surface area contributed by atoms with Crippen LogP contribution in [0.5, 0.6) is 5.75 Å². The smallest absolute Gasteiger partial charge is 0.150 e. The van der Waals surface area contributed by atoms with Gasteiger partial charge in [0.2, 0.25) is 0 Å². The first-order valence-electron chi connectivity index (χ1n) is 5.43. The summed E-state index contributed by atoms with van der Waals surface area (Å²) >= 11 is 0. The van der Waals surface area contributed by atoms with Gasteiger partial charge in [0.15, 0.2) is 9.84 Å². The van der Waals surface area contributed by atoms with Crippen LogP contribution in [-0.4, -0.2) is 38.0 Å². The van der Waals surface area contributed by atoms with Crippen molar-refractivity contribution in [1.82, 2.24) is 0 Å². The number of benzene rings is 1. The fourth-order valence-electron chi connectivity index (χ4n) is 1.41. The molecule has 0 spiro atoms. The molecule has 0 aliphatic rings. The number of oxime groups is 1. The van der Waals surface area contributed by atoms with Gasteiger partial charge in [-0.1, -0.05) is 16.8 Å². The van der Waals surface area contributed by atoms with E-state index >= 15 is 0 Å². The van der Waals surface area contributed by atoms with Crippen LogP contribution in [0.3, 0.4) is 0 Å². The van der Waals surface area contributed by atoms with Gasteiger partial charge in [-0.3, -0.25) is 0 Å². The number of hydrogen-bond donors (Lipinski definition) is 1. The van der Waals surface area contributed by atoms with Crippen molar-refractivity contribution in [2.75, 3.05) is 18.6 Å². The Kier molecular flexibility index (Phi) is 4.72. The normalized spacial score (nSPS) is 12.5. The van der Waals surface area contributed by atoms with Crippen LogP contribution in [0.1, 0.15) is 18.1 Å². The first kappa shape index (κ1) is 14.5. The van der Waals surface area contributed by atoms with Crippen molar-refractivity contribution in [1.29, 1.82) is 0 Å². The van der Waals surface area contributed by atoms with Crippen molar-refractivity contribution in [2.45, 2.75) is 13.8 Å².